The number of nitrogens with zero attached hydrogens (tertiary/aromatic N) is 2. The van der Waals surface area contributed by atoms with Crippen LogP contribution in [0.15, 0.2) is 72.7 Å². The van der Waals surface area contributed by atoms with Gasteiger partial charge in [-0.15, -0.1) is 0 Å². The van der Waals surface area contributed by atoms with Crippen molar-refractivity contribution in [2.75, 3.05) is 18.5 Å². The van der Waals surface area contributed by atoms with E-state index in [9.17, 15) is 9.90 Å². The highest BCUT2D eigenvalue weighted by atomic mass is 16.5. The minimum atomic E-state index is -0.954. The Kier molecular flexibility index (Phi) is 5.94. The fourth-order valence-corrected chi connectivity index (χ4v) is 3.23. The van der Waals surface area contributed by atoms with Crippen molar-refractivity contribution >= 4 is 11.7 Å². The number of fused-ring (bicyclic) bond motifs is 1. The number of amides is 1. The number of aliphatic hydroxyl groups is 2. The minimum Gasteiger partial charge on any atom is -0.490 e. The molecule has 1 amide bonds. The molecule has 2 aromatic rings. The zero-order valence-corrected chi connectivity index (χ0v) is 16.1. The van der Waals surface area contributed by atoms with Crippen LogP contribution in [0, 0.1) is 0 Å². The van der Waals surface area contributed by atoms with Gasteiger partial charge in [0.2, 0.25) is 0 Å². The average molecular weight is 409 g/mol. The Balaban J connectivity index is 1.48. The molecule has 156 valence electrons. The summed E-state index contributed by atoms with van der Waals surface area (Å²) < 4.78 is 5.69. The molecule has 1 aromatic heterocycles. The molecule has 0 fully saturated rings. The van der Waals surface area contributed by atoms with Crippen LogP contribution in [0.4, 0.5) is 5.82 Å². The van der Waals surface area contributed by atoms with Gasteiger partial charge in [0.25, 0.3) is 5.91 Å². The number of para-hydroxylation sites is 1. The number of pyridine rings is 1. The molecular formula is C21H23N5O4. The van der Waals surface area contributed by atoms with Crippen LogP contribution >= 0.6 is 0 Å². The Hall–Kier alpha value is -3.40. The molecule has 3 atom stereocenters. The number of hydrogen-bond acceptors (Lipinski definition) is 8. The fourth-order valence-electron chi connectivity index (χ4n) is 3.23. The maximum Gasteiger partial charge on any atom is 0.276 e. The maximum absolute atomic E-state index is 12.7. The van der Waals surface area contributed by atoms with Crippen LogP contribution in [-0.2, 0) is 4.79 Å². The molecule has 2 aliphatic heterocycles. The predicted molar refractivity (Wildman–Crippen MR) is 110 cm³/mol. The highest BCUT2D eigenvalue weighted by molar-refractivity contribution is 6.03. The summed E-state index contributed by atoms with van der Waals surface area (Å²) in [5.41, 5.74) is 4.60. The molecule has 0 spiro atoms. The van der Waals surface area contributed by atoms with Gasteiger partial charge in [0.05, 0.1) is 12.6 Å². The Labute approximate surface area is 173 Å². The molecule has 5 N–H and O–H groups in total. The van der Waals surface area contributed by atoms with Crippen molar-refractivity contribution in [1.82, 2.24) is 20.7 Å². The van der Waals surface area contributed by atoms with Crippen LogP contribution in [0.25, 0.3) is 0 Å². The molecule has 0 saturated heterocycles. The van der Waals surface area contributed by atoms with E-state index in [0.29, 0.717) is 17.3 Å². The molecule has 0 aliphatic carbocycles. The van der Waals surface area contributed by atoms with Gasteiger partial charge in [-0.1, -0.05) is 30.3 Å². The molecule has 30 heavy (non-hydrogen) atoms. The smallest absolute Gasteiger partial charge is 0.276 e. The molecule has 2 aliphatic rings. The Bertz CT molecular complexity index is 949. The molecule has 0 saturated carbocycles. The van der Waals surface area contributed by atoms with Crippen molar-refractivity contribution < 1.29 is 19.7 Å². The monoisotopic (exact) mass is 409 g/mol. The van der Waals surface area contributed by atoms with Gasteiger partial charge in [-0.3, -0.25) is 9.80 Å². The van der Waals surface area contributed by atoms with Crippen molar-refractivity contribution in [3.63, 3.8) is 0 Å². The van der Waals surface area contributed by atoms with Gasteiger partial charge in [0, 0.05) is 18.0 Å². The standard InChI is InChI=1S/C21H23N5O4/c27-12-14(28)13-30-18-6-2-1-5-15(18)16-8-9-20-23-11-17(26(20)25-16)21(29)24-19-7-3-4-10-22-19/h1-11,14,16,20,23,25,27-28H,12-13H2,(H,22,24,29)/t14-,16?,20?/m1/s1. The van der Waals surface area contributed by atoms with E-state index in [2.05, 4.69) is 21.0 Å². The van der Waals surface area contributed by atoms with Crippen molar-refractivity contribution in [1.29, 1.82) is 0 Å². The topological polar surface area (TPSA) is 119 Å². The van der Waals surface area contributed by atoms with Gasteiger partial charge in [-0.25, -0.2) is 10.4 Å². The van der Waals surface area contributed by atoms with Crippen LogP contribution < -0.4 is 20.8 Å². The lowest BCUT2D eigenvalue weighted by atomic mass is 10.0. The summed E-state index contributed by atoms with van der Waals surface area (Å²) in [5.74, 6) is 0.763. The van der Waals surface area contributed by atoms with Crippen molar-refractivity contribution in [2.45, 2.75) is 18.3 Å². The highest BCUT2D eigenvalue weighted by Crippen LogP contribution is 2.31. The number of benzene rings is 1. The van der Waals surface area contributed by atoms with E-state index in [1.807, 2.05) is 30.4 Å². The summed E-state index contributed by atoms with van der Waals surface area (Å²) in [5, 5.41) is 26.3. The average Bonchev–Trinajstić information content (AvgIpc) is 3.21. The maximum atomic E-state index is 12.7. The van der Waals surface area contributed by atoms with Crippen molar-refractivity contribution in [3.05, 3.63) is 78.3 Å². The third-order valence-electron chi connectivity index (χ3n) is 4.73. The van der Waals surface area contributed by atoms with Gasteiger partial charge in [-0.05, 0) is 24.3 Å². The quantitative estimate of drug-likeness (QED) is 0.423. The first-order valence-electron chi connectivity index (χ1n) is 9.58. The van der Waals surface area contributed by atoms with E-state index in [0.717, 1.165) is 5.56 Å². The molecule has 9 heteroatoms. The number of hydrogen-bond donors (Lipinski definition) is 5. The second-order valence-corrected chi connectivity index (χ2v) is 6.86. The second-order valence-electron chi connectivity index (χ2n) is 6.86. The van der Waals surface area contributed by atoms with Crippen LogP contribution in [-0.4, -0.2) is 51.6 Å². The van der Waals surface area contributed by atoms with Crippen LogP contribution in [0.3, 0.4) is 0 Å². The Morgan fingerprint density at radius 3 is 2.87 bits per heavy atom. The number of carbonyl (C=O) groups is 1. The van der Waals surface area contributed by atoms with Gasteiger partial charge >= 0.3 is 0 Å². The van der Waals surface area contributed by atoms with Crippen LogP contribution in [0.1, 0.15) is 11.6 Å². The number of ether oxygens (including phenoxy) is 1. The number of aliphatic hydroxyl groups excluding tert-OH is 2. The van der Waals surface area contributed by atoms with E-state index in [1.165, 1.54) is 0 Å². The van der Waals surface area contributed by atoms with E-state index in [1.54, 1.807) is 41.7 Å². The van der Waals surface area contributed by atoms with E-state index >= 15 is 0 Å². The van der Waals surface area contributed by atoms with Crippen LogP contribution in [0.2, 0.25) is 0 Å². The second kappa shape index (κ2) is 8.95. The van der Waals surface area contributed by atoms with Gasteiger partial charge in [0.1, 0.15) is 36.1 Å². The van der Waals surface area contributed by atoms with Gasteiger partial charge < -0.3 is 25.6 Å². The molecule has 0 radical (unpaired) electrons. The zero-order chi connectivity index (χ0) is 20.9. The van der Waals surface area contributed by atoms with E-state index in [-0.39, 0.29) is 31.3 Å². The third-order valence-corrected chi connectivity index (χ3v) is 4.73. The lowest BCUT2D eigenvalue weighted by Gasteiger charge is -2.35. The lowest BCUT2D eigenvalue weighted by Crippen LogP contribution is -2.50. The summed E-state index contributed by atoms with van der Waals surface area (Å²) >= 11 is 0. The van der Waals surface area contributed by atoms with Crippen molar-refractivity contribution in [2.24, 2.45) is 0 Å². The molecule has 0 bridgehead atoms. The first kappa shape index (κ1) is 19.9. The number of nitrogens with one attached hydrogen (secondary N) is 3. The van der Waals surface area contributed by atoms with E-state index in [4.69, 9.17) is 9.84 Å². The normalized spacial score (nSPS) is 20.7. The number of carbonyl (C=O) groups excluding carboxylic acids is 1. The molecule has 1 aromatic carbocycles. The summed E-state index contributed by atoms with van der Waals surface area (Å²) in [6.45, 7) is -0.389. The van der Waals surface area contributed by atoms with Gasteiger partial charge in [-0.2, -0.15) is 0 Å². The number of anilines is 1. The molecular weight excluding hydrogens is 386 g/mol. The first-order chi connectivity index (χ1) is 14.7. The number of hydrazine groups is 1. The zero-order valence-electron chi connectivity index (χ0n) is 16.1. The van der Waals surface area contributed by atoms with Crippen molar-refractivity contribution in [3.8, 4) is 5.75 Å². The molecule has 3 heterocycles. The minimum absolute atomic E-state index is 0.0184. The van der Waals surface area contributed by atoms with Gasteiger partial charge in [0.15, 0.2) is 0 Å². The third kappa shape index (κ3) is 4.28. The fraction of sp³-hybridized carbons (Fsp3) is 0.238. The Morgan fingerprint density at radius 1 is 1.23 bits per heavy atom. The summed E-state index contributed by atoms with van der Waals surface area (Å²) in [4.78, 5) is 16.9. The largest absolute Gasteiger partial charge is 0.490 e. The summed E-state index contributed by atoms with van der Waals surface area (Å²) in [6.07, 6.45) is 6.05. The Morgan fingerprint density at radius 2 is 2.07 bits per heavy atom. The molecule has 2 unspecified atom stereocenters. The number of rotatable bonds is 7. The summed E-state index contributed by atoms with van der Waals surface area (Å²) in [6, 6.07) is 12.5. The number of aromatic nitrogens is 1. The molecule has 9 nitrogen and oxygen atoms in total. The van der Waals surface area contributed by atoms with Crippen LogP contribution in [0.5, 0.6) is 5.75 Å². The first-order valence-corrected chi connectivity index (χ1v) is 9.58. The SMILES string of the molecule is O=C(Nc1ccccn1)C1=CNC2C=CC(c3ccccc3OC[C@H](O)CO)NN12. The van der Waals surface area contributed by atoms with E-state index < -0.39 is 6.10 Å². The lowest BCUT2D eigenvalue weighted by molar-refractivity contribution is -0.114. The molecule has 4 rings (SSSR count). The highest BCUT2D eigenvalue weighted by Gasteiger charge is 2.34. The summed E-state index contributed by atoms with van der Waals surface area (Å²) in [7, 11) is 0. The predicted octanol–water partition coefficient (Wildman–Crippen LogP) is 0.640.